The van der Waals surface area contributed by atoms with Crippen molar-refractivity contribution in [2.75, 3.05) is 13.1 Å². The lowest BCUT2D eigenvalue weighted by Gasteiger charge is -2.32. The Hall–Kier alpha value is -2.17. The van der Waals surface area contributed by atoms with Gasteiger partial charge in [-0.05, 0) is 56.2 Å². The van der Waals surface area contributed by atoms with Gasteiger partial charge in [-0.2, -0.15) is 5.10 Å². The lowest BCUT2D eigenvalue weighted by Crippen LogP contribution is -2.40. The van der Waals surface area contributed by atoms with Crippen molar-refractivity contribution in [2.24, 2.45) is 13.0 Å². The molecule has 0 aromatic carbocycles. The third-order valence-electron chi connectivity index (χ3n) is 5.04. The Morgan fingerprint density at radius 3 is 2.96 bits per heavy atom. The minimum atomic E-state index is 0.268. The van der Waals surface area contributed by atoms with Crippen molar-refractivity contribution in [3.8, 4) is 0 Å². The Labute approximate surface area is 143 Å². The standard InChI is InChI=1S/C19H26N4O/c1-15-17(13-21-22(15)2)8-9-19(24)23-11-5-6-16(14-23)12-18-7-3-4-10-20-18/h3-4,7,10,13,16H,5-6,8-9,11-12,14H2,1-2H3/t16-/m1/s1. The molecule has 0 saturated carbocycles. The summed E-state index contributed by atoms with van der Waals surface area (Å²) in [6, 6.07) is 6.05. The molecular formula is C19H26N4O. The highest BCUT2D eigenvalue weighted by Gasteiger charge is 2.24. The Morgan fingerprint density at radius 1 is 1.38 bits per heavy atom. The first-order chi connectivity index (χ1) is 11.6. The number of piperidine rings is 1. The molecule has 128 valence electrons. The quantitative estimate of drug-likeness (QED) is 0.848. The fourth-order valence-corrected chi connectivity index (χ4v) is 3.46. The van der Waals surface area contributed by atoms with E-state index in [1.807, 2.05) is 41.2 Å². The number of rotatable bonds is 5. The maximum Gasteiger partial charge on any atom is 0.222 e. The zero-order valence-electron chi connectivity index (χ0n) is 14.6. The lowest BCUT2D eigenvalue weighted by atomic mass is 9.93. The summed E-state index contributed by atoms with van der Waals surface area (Å²) in [5, 5.41) is 4.25. The van der Waals surface area contributed by atoms with Gasteiger partial charge in [0.1, 0.15) is 0 Å². The van der Waals surface area contributed by atoms with Crippen molar-refractivity contribution < 1.29 is 4.79 Å². The number of pyridine rings is 1. The van der Waals surface area contributed by atoms with E-state index in [0.717, 1.165) is 43.7 Å². The predicted molar refractivity (Wildman–Crippen MR) is 93.5 cm³/mol. The van der Waals surface area contributed by atoms with Gasteiger partial charge < -0.3 is 4.90 Å². The van der Waals surface area contributed by atoms with Crippen molar-refractivity contribution >= 4 is 5.91 Å². The van der Waals surface area contributed by atoms with Gasteiger partial charge in [-0.15, -0.1) is 0 Å². The van der Waals surface area contributed by atoms with Crippen molar-refractivity contribution in [1.29, 1.82) is 0 Å². The van der Waals surface area contributed by atoms with Crippen LogP contribution in [0.4, 0.5) is 0 Å². The van der Waals surface area contributed by atoms with E-state index in [1.165, 1.54) is 12.0 Å². The number of likely N-dealkylation sites (tertiary alicyclic amines) is 1. The van der Waals surface area contributed by atoms with Gasteiger partial charge in [0.2, 0.25) is 5.91 Å². The second-order valence-electron chi connectivity index (χ2n) is 6.75. The first kappa shape index (κ1) is 16.7. The number of aromatic nitrogens is 3. The monoisotopic (exact) mass is 326 g/mol. The molecule has 0 spiro atoms. The molecule has 1 atom stereocenters. The zero-order valence-corrected chi connectivity index (χ0v) is 14.6. The average molecular weight is 326 g/mol. The number of hydrogen-bond acceptors (Lipinski definition) is 3. The second-order valence-corrected chi connectivity index (χ2v) is 6.75. The third-order valence-corrected chi connectivity index (χ3v) is 5.04. The zero-order chi connectivity index (χ0) is 16.9. The molecule has 1 aliphatic heterocycles. The number of amides is 1. The summed E-state index contributed by atoms with van der Waals surface area (Å²) in [4.78, 5) is 19.0. The van der Waals surface area contributed by atoms with Crippen LogP contribution in [0.3, 0.4) is 0 Å². The molecule has 2 aromatic heterocycles. The summed E-state index contributed by atoms with van der Waals surface area (Å²) in [6.07, 6.45) is 8.31. The molecule has 0 bridgehead atoms. The van der Waals surface area contributed by atoms with Crippen molar-refractivity contribution in [1.82, 2.24) is 19.7 Å². The van der Waals surface area contributed by atoms with Crippen LogP contribution in [0.1, 0.15) is 36.2 Å². The van der Waals surface area contributed by atoms with E-state index in [4.69, 9.17) is 0 Å². The van der Waals surface area contributed by atoms with Gasteiger partial charge in [-0.1, -0.05) is 6.07 Å². The molecule has 5 heteroatoms. The van der Waals surface area contributed by atoms with Crippen molar-refractivity contribution in [3.63, 3.8) is 0 Å². The smallest absolute Gasteiger partial charge is 0.222 e. The molecule has 0 unspecified atom stereocenters. The highest BCUT2D eigenvalue weighted by molar-refractivity contribution is 5.76. The summed E-state index contributed by atoms with van der Waals surface area (Å²) in [7, 11) is 1.94. The molecule has 1 fully saturated rings. The van der Waals surface area contributed by atoms with Crippen LogP contribution in [0.15, 0.2) is 30.6 Å². The van der Waals surface area contributed by atoms with Gasteiger partial charge in [0, 0.05) is 44.1 Å². The summed E-state index contributed by atoms with van der Waals surface area (Å²) >= 11 is 0. The highest BCUT2D eigenvalue weighted by Crippen LogP contribution is 2.21. The van der Waals surface area contributed by atoms with E-state index in [2.05, 4.69) is 23.1 Å². The van der Waals surface area contributed by atoms with E-state index in [1.54, 1.807) is 0 Å². The fourth-order valence-electron chi connectivity index (χ4n) is 3.46. The number of nitrogens with zero attached hydrogens (tertiary/aromatic N) is 4. The van der Waals surface area contributed by atoms with Gasteiger partial charge >= 0.3 is 0 Å². The summed E-state index contributed by atoms with van der Waals surface area (Å²) in [5.74, 6) is 0.793. The van der Waals surface area contributed by atoms with E-state index in [0.29, 0.717) is 12.3 Å². The van der Waals surface area contributed by atoms with Gasteiger partial charge in [-0.3, -0.25) is 14.5 Å². The molecule has 0 N–H and O–H groups in total. The first-order valence-electron chi connectivity index (χ1n) is 8.78. The molecule has 0 aliphatic carbocycles. The van der Waals surface area contributed by atoms with Crippen LogP contribution >= 0.6 is 0 Å². The summed E-state index contributed by atoms with van der Waals surface area (Å²) in [6.45, 7) is 3.81. The maximum absolute atomic E-state index is 12.6. The van der Waals surface area contributed by atoms with Crippen LogP contribution in [-0.2, 0) is 24.7 Å². The molecule has 3 heterocycles. The molecule has 1 aliphatic rings. The number of hydrogen-bond donors (Lipinski definition) is 0. The number of aryl methyl sites for hydroxylation is 2. The van der Waals surface area contributed by atoms with Crippen molar-refractivity contribution in [3.05, 3.63) is 47.5 Å². The van der Waals surface area contributed by atoms with Gasteiger partial charge in [0.25, 0.3) is 0 Å². The van der Waals surface area contributed by atoms with E-state index < -0.39 is 0 Å². The van der Waals surface area contributed by atoms with Crippen molar-refractivity contribution in [2.45, 2.75) is 39.0 Å². The van der Waals surface area contributed by atoms with E-state index in [-0.39, 0.29) is 5.91 Å². The van der Waals surface area contributed by atoms with Gasteiger partial charge in [0.05, 0.1) is 6.20 Å². The van der Waals surface area contributed by atoms with E-state index in [9.17, 15) is 4.79 Å². The molecule has 1 amide bonds. The maximum atomic E-state index is 12.6. The molecular weight excluding hydrogens is 300 g/mol. The number of carbonyl (C=O) groups excluding carboxylic acids is 1. The van der Waals surface area contributed by atoms with Crippen LogP contribution in [0.5, 0.6) is 0 Å². The Morgan fingerprint density at radius 2 is 2.25 bits per heavy atom. The SMILES string of the molecule is Cc1c(CCC(=O)N2CCC[C@H](Cc3ccccn3)C2)cnn1C. The highest BCUT2D eigenvalue weighted by atomic mass is 16.2. The summed E-state index contributed by atoms with van der Waals surface area (Å²) in [5.41, 5.74) is 3.45. The van der Waals surface area contributed by atoms with Crippen LogP contribution < -0.4 is 0 Å². The van der Waals surface area contributed by atoms with Gasteiger partial charge in [0.15, 0.2) is 0 Å². The number of carbonyl (C=O) groups is 1. The first-order valence-corrected chi connectivity index (χ1v) is 8.78. The molecule has 5 nitrogen and oxygen atoms in total. The Kier molecular flexibility index (Phi) is 5.28. The van der Waals surface area contributed by atoms with Crippen LogP contribution in [0, 0.1) is 12.8 Å². The Bertz CT molecular complexity index is 680. The molecule has 1 saturated heterocycles. The minimum Gasteiger partial charge on any atom is -0.342 e. The molecule has 24 heavy (non-hydrogen) atoms. The van der Waals surface area contributed by atoms with Crippen LogP contribution in [-0.4, -0.2) is 38.7 Å². The fraction of sp³-hybridized carbons (Fsp3) is 0.526. The topological polar surface area (TPSA) is 51.0 Å². The molecule has 2 aromatic rings. The minimum absolute atomic E-state index is 0.268. The van der Waals surface area contributed by atoms with Crippen LogP contribution in [0.2, 0.25) is 0 Å². The Balaban J connectivity index is 1.52. The van der Waals surface area contributed by atoms with Gasteiger partial charge in [-0.25, -0.2) is 0 Å². The largest absolute Gasteiger partial charge is 0.342 e. The predicted octanol–water partition coefficient (Wildman–Crippen LogP) is 2.54. The molecule has 0 radical (unpaired) electrons. The lowest BCUT2D eigenvalue weighted by molar-refractivity contribution is -0.133. The second kappa shape index (κ2) is 7.60. The molecule has 3 rings (SSSR count). The average Bonchev–Trinajstić information content (AvgIpc) is 2.93. The summed E-state index contributed by atoms with van der Waals surface area (Å²) < 4.78 is 1.86. The third kappa shape index (κ3) is 4.02. The van der Waals surface area contributed by atoms with Crippen LogP contribution in [0.25, 0.3) is 0 Å². The van der Waals surface area contributed by atoms with E-state index >= 15 is 0 Å². The normalized spacial score (nSPS) is 17.9.